The van der Waals surface area contributed by atoms with Gasteiger partial charge in [0.2, 0.25) is 0 Å². The third-order valence-electron chi connectivity index (χ3n) is 4.64. The highest BCUT2D eigenvalue weighted by Crippen LogP contribution is 2.41. The van der Waals surface area contributed by atoms with E-state index < -0.39 is 0 Å². The topological polar surface area (TPSA) is 104 Å². The Morgan fingerprint density at radius 1 is 0.600 bits per heavy atom. The van der Waals surface area contributed by atoms with Gasteiger partial charge in [-0.05, 0) is 47.5 Å². The summed E-state index contributed by atoms with van der Waals surface area (Å²) in [5.74, 6) is 0.625. The van der Waals surface area contributed by atoms with E-state index in [2.05, 4.69) is 19.9 Å². The number of nitrogens with zero attached hydrogens (tertiary/aromatic N) is 4. The van der Waals surface area contributed by atoms with E-state index in [1.165, 1.54) is 0 Å². The molecule has 0 aliphatic rings. The van der Waals surface area contributed by atoms with E-state index in [1.807, 2.05) is 74.8 Å². The van der Waals surface area contributed by atoms with Crippen LogP contribution in [0.1, 0.15) is 48.2 Å². The van der Waals surface area contributed by atoms with E-state index in [0.29, 0.717) is 11.6 Å². The molecule has 4 N–H and O–H groups in total. The number of nitrogens with two attached hydrogens (primary N) is 2. The smallest absolute Gasteiger partial charge is 0.123 e. The van der Waals surface area contributed by atoms with Crippen LogP contribution in [0, 0.1) is 0 Å². The monoisotopic (exact) mass is 398 g/mol. The third-order valence-corrected chi connectivity index (χ3v) is 4.64. The molecule has 2 atom stereocenters. The first kappa shape index (κ1) is 20.9. The minimum absolute atomic E-state index is 0.157. The number of rotatable bonds is 5. The molecule has 0 saturated heterocycles. The van der Waals surface area contributed by atoms with Gasteiger partial charge >= 0.3 is 0 Å². The molecule has 0 amide bonds. The molecule has 0 saturated carbocycles. The van der Waals surface area contributed by atoms with Crippen molar-refractivity contribution in [3.8, 4) is 0 Å². The summed E-state index contributed by atoms with van der Waals surface area (Å²) >= 11 is 0. The fraction of sp³-hybridized carbons (Fsp3) is 0.167. The van der Waals surface area contributed by atoms with Gasteiger partial charge in [-0.3, -0.25) is 9.97 Å². The van der Waals surface area contributed by atoms with Crippen molar-refractivity contribution >= 4 is 11.6 Å². The number of hydrogen-bond donors (Lipinski definition) is 2. The Morgan fingerprint density at radius 3 is 1.37 bits per heavy atom. The van der Waals surface area contributed by atoms with Crippen molar-refractivity contribution in [3.63, 3.8) is 0 Å². The van der Waals surface area contributed by atoms with Crippen molar-refractivity contribution in [1.29, 1.82) is 0 Å². The summed E-state index contributed by atoms with van der Waals surface area (Å²) in [7, 11) is 0. The Bertz CT molecular complexity index is 966. The van der Waals surface area contributed by atoms with Crippen LogP contribution in [0.2, 0.25) is 0 Å². The van der Waals surface area contributed by atoms with Crippen LogP contribution in [-0.2, 0) is 0 Å². The fourth-order valence-electron chi connectivity index (χ4n) is 3.47. The lowest BCUT2D eigenvalue weighted by Gasteiger charge is -2.27. The maximum Gasteiger partial charge on any atom is 0.123 e. The second-order valence-electron chi connectivity index (χ2n) is 6.50. The first-order chi connectivity index (χ1) is 14.7. The second-order valence-corrected chi connectivity index (χ2v) is 6.50. The molecule has 0 aromatic carbocycles. The van der Waals surface area contributed by atoms with E-state index in [0.717, 1.165) is 22.5 Å². The van der Waals surface area contributed by atoms with E-state index in [4.69, 9.17) is 11.5 Å². The summed E-state index contributed by atoms with van der Waals surface area (Å²) in [6.45, 7) is 4.00. The number of nitrogen functional groups attached to an aromatic ring is 2. The van der Waals surface area contributed by atoms with Crippen LogP contribution >= 0.6 is 0 Å². The maximum absolute atomic E-state index is 6.00. The standard InChI is InChI=1S/C22H20N6.C2H6/c23-19-9-1-7-17(27-19)21(15-5-3-11-25-13-15)22(16-6-4-12-26-14-16)18-8-2-10-20(24)28-18;1-2/h1-14,21-22H,(H2,23,27)(H2,24,28);1-2H3. The Kier molecular flexibility index (Phi) is 7.05. The van der Waals surface area contributed by atoms with E-state index in [9.17, 15) is 0 Å². The van der Waals surface area contributed by atoms with Gasteiger partial charge in [-0.25, -0.2) is 9.97 Å². The molecule has 0 bridgehead atoms. The van der Waals surface area contributed by atoms with Crippen molar-refractivity contribution in [2.45, 2.75) is 25.7 Å². The molecule has 4 aromatic rings. The normalized spacial score (nSPS) is 12.3. The molecule has 0 aliphatic heterocycles. The highest BCUT2D eigenvalue weighted by atomic mass is 14.9. The molecule has 4 rings (SSSR count). The van der Waals surface area contributed by atoms with E-state index >= 15 is 0 Å². The van der Waals surface area contributed by atoms with Crippen LogP contribution < -0.4 is 11.5 Å². The first-order valence-electron chi connectivity index (χ1n) is 9.97. The molecule has 6 heteroatoms. The Balaban J connectivity index is 0.00000124. The minimum Gasteiger partial charge on any atom is -0.384 e. The Morgan fingerprint density at radius 2 is 1.03 bits per heavy atom. The summed E-state index contributed by atoms with van der Waals surface area (Å²) in [4.78, 5) is 17.9. The van der Waals surface area contributed by atoms with Gasteiger partial charge in [0.05, 0.1) is 11.4 Å². The van der Waals surface area contributed by atoms with Gasteiger partial charge in [0.25, 0.3) is 0 Å². The average Bonchev–Trinajstić information content (AvgIpc) is 2.80. The summed E-state index contributed by atoms with van der Waals surface area (Å²) in [6.07, 6.45) is 7.22. The van der Waals surface area contributed by atoms with Gasteiger partial charge < -0.3 is 11.5 Å². The number of hydrogen-bond acceptors (Lipinski definition) is 6. The van der Waals surface area contributed by atoms with Crippen molar-refractivity contribution < 1.29 is 0 Å². The van der Waals surface area contributed by atoms with Crippen LogP contribution in [0.15, 0.2) is 85.5 Å². The predicted molar refractivity (Wildman–Crippen MR) is 121 cm³/mol. The zero-order chi connectivity index (χ0) is 21.3. The molecule has 4 aromatic heterocycles. The SMILES string of the molecule is CC.Nc1cccc(C(c2cccnc2)C(c2cccnc2)c2cccc(N)n2)n1. The molecule has 30 heavy (non-hydrogen) atoms. The predicted octanol–water partition coefficient (Wildman–Crippen LogP) is 4.42. The molecule has 0 spiro atoms. The largest absolute Gasteiger partial charge is 0.384 e. The van der Waals surface area contributed by atoms with Gasteiger partial charge in [-0.2, -0.15) is 0 Å². The average molecular weight is 399 g/mol. The van der Waals surface area contributed by atoms with Crippen molar-refractivity contribution in [3.05, 3.63) is 108 Å². The molecular weight excluding hydrogens is 372 g/mol. The van der Waals surface area contributed by atoms with Crippen LogP contribution in [0.5, 0.6) is 0 Å². The highest BCUT2D eigenvalue weighted by molar-refractivity contribution is 5.43. The summed E-state index contributed by atoms with van der Waals surface area (Å²) < 4.78 is 0. The second kappa shape index (κ2) is 10.1. The van der Waals surface area contributed by atoms with Crippen molar-refractivity contribution in [1.82, 2.24) is 19.9 Å². The van der Waals surface area contributed by atoms with Crippen molar-refractivity contribution in [2.75, 3.05) is 11.5 Å². The molecule has 0 radical (unpaired) electrons. The first-order valence-corrected chi connectivity index (χ1v) is 9.97. The van der Waals surface area contributed by atoms with Gasteiger partial charge in [0.1, 0.15) is 11.6 Å². The van der Waals surface area contributed by atoms with E-state index in [-0.39, 0.29) is 11.8 Å². The van der Waals surface area contributed by atoms with Crippen LogP contribution in [-0.4, -0.2) is 19.9 Å². The van der Waals surface area contributed by atoms with Gasteiger partial charge in [0.15, 0.2) is 0 Å². The zero-order valence-electron chi connectivity index (χ0n) is 17.2. The Labute approximate surface area is 177 Å². The lowest BCUT2D eigenvalue weighted by Crippen LogP contribution is -2.18. The quantitative estimate of drug-likeness (QED) is 0.516. The minimum atomic E-state index is -0.157. The van der Waals surface area contributed by atoms with Gasteiger partial charge in [0, 0.05) is 36.6 Å². The molecule has 6 nitrogen and oxygen atoms in total. The van der Waals surface area contributed by atoms with Gasteiger partial charge in [-0.15, -0.1) is 0 Å². The number of aromatic nitrogens is 4. The number of anilines is 2. The number of pyridine rings is 4. The zero-order valence-corrected chi connectivity index (χ0v) is 17.2. The molecular formula is C24H26N6. The summed E-state index contributed by atoms with van der Waals surface area (Å²) in [5.41, 5.74) is 15.7. The molecule has 0 fully saturated rings. The molecule has 2 unspecified atom stereocenters. The van der Waals surface area contributed by atoms with Gasteiger partial charge in [-0.1, -0.05) is 38.1 Å². The van der Waals surface area contributed by atoms with Crippen LogP contribution in [0.3, 0.4) is 0 Å². The van der Waals surface area contributed by atoms with Crippen molar-refractivity contribution in [2.24, 2.45) is 0 Å². The molecule has 152 valence electrons. The lowest BCUT2D eigenvalue weighted by atomic mass is 9.78. The van der Waals surface area contributed by atoms with E-state index in [1.54, 1.807) is 24.5 Å². The van der Waals surface area contributed by atoms with Crippen LogP contribution in [0.4, 0.5) is 11.6 Å². The maximum atomic E-state index is 6.00. The van der Waals surface area contributed by atoms with Crippen LogP contribution in [0.25, 0.3) is 0 Å². The molecule has 0 aliphatic carbocycles. The summed E-state index contributed by atoms with van der Waals surface area (Å²) in [5, 5.41) is 0. The Hall–Kier alpha value is -3.80. The fourth-order valence-corrected chi connectivity index (χ4v) is 3.47. The lowest BCUT2D eigenvalue weighted by molar-refractivity contribution is 0.655. The summed E-state index contributed by atoms with van der Waals surface area (Å²) in [6, 6.07) is 19.2. The highest BCUT2D eigenvalue weighted by Gasteiger charge is 2.31. The third kappa shape index (κ3) is 4.78. The molecule has 4 heterocycles.